The second-order valence-corrected chi connectivity index (χ2v) is 7.58. The van der Waals surface area contributed by atoms with Gasteiger partial charge in [0.05, 0.1) is 12.2 Å². The Kier molecular flexibility index (Phi) is 5.98. The molecule has 152 valence electrons. The van der Waals surface area contributed by atoms with E-state index in [9.17, 15) is 24.4 Å². The molecule has 1 N–H and O–H groups in total. The van der Waals surface area contributed by atoms with E-state index in [1.807, 2.05) is 13.0 Å². The van der Waals surface area contributed by atoms with Crippen molar-refractivity contribution in [2.24, 2.45) is 0 Å². The van der Waals surface area contributed by atoms with Crippen LogP contribution in [0.3, 0.4) is 0 Å². The summed E-state index contributed by atoms with van der Waals surface area (Å²) >= 11 is 1.23. The fourth-order valence-corrected chi connectivity index (χ4v) is 4.27. The summed E-state index contributed by atoms with van der Waals surface area (Å²) in [5.41, 5.74) is -0.826. The van der Waals surface area contributed by atoms with Crippen molar-refractivity contribution in [2.75, 3.05) is 11.9 Å². The van der Waals surface area contributed by atoms with Crippen LogP contribution in [0.2, 0.25) is 0 Å². The minimum absolute atomic E-state index is 0.105. The molecule has 0 radical (unpaired) electrons. The van der Waals surface area contributed by atoms with E-state index in [2.05, 4.69) is 5.32 Å². The van der Waals surface area contributed by atoms with Gasteiger partial charge in [-0.2, -0.15) is 5.26 Å². The van der Waals surface area contributed by atoms with E-state index in [0.29, 0.717) is 36.5 Å². The zero-order chi connectivity index (χ0) is 21.1. The SMILES string of the molecule is CCOC(=O)c1cc(CC)sc1NC(=O)Cn1c(=O)c(C#N)c2n(c1=O)CCC2. The Morgan fingerprint density at radius 3 is 2.76 bits per heavy atom. The average molecular weight is 416 g/mol. The quantitative estimate of drug-likeness (QED) is 0.708. The van der Waals surface area contributed by atoms with Crippen LogP contribution in [0, 0.1) is 11.3 Å². The molecule has 0 saturated heterocycles. The normalized spacial score (nSPS) is 12.3. The second kappa shape index (κ2) is 8.45. The van der Waals surface area contributed by atoms with E-state index >= 15 is 0 Å². The number of nitriles is 1. The Morgan fingerprint density at radius 2 is 2.10 bits per heavy atom. The number of thiophene rings is 1. The smallest absolute Gasteiger partial charge is 0.341 e. The van der Waals surface area contributed by atoms with E-state index in [4.69, 9.17) is 4.74 Å². The number of ether oxygens (including phenoxy) is 1. The minimum atomic E-state index is -0.771. The van der Waals surface area contributed by atoms with Gasteiger partial charge in [0.25, 0.3) is 5.56 Å². The predicted octanol–water partition coefficient (Wildman–Crippen LogP) is 1.27. The lowest BCUT2D eigenvalue weighted by Gasteiger charge is -2.11. The lowest BCUT2D eigenvalue weighted by atomic mass is 10.2. The van der Waals surface area contributed by atoms with Crippen molar-refractivity contribution in [3.63, 3.8) is 0 Å². The summed E-state index contributed by atoms with van der Waals surface area (Å²) in [7, 11) is 0. The molecule has 3 rings (SSSR count). The van der Waals surface area contributed by atoms with E-state index < -0.39 is 29.7 Å². The van der Waals surface area contributed by atoms with Crippen molar-refractivity contribution in [1.29, 1.82) is 5.26 Å². The van der Waals surface area contributed by atoms with Crippen molar-refractivity contribution >= 4 is 28.2 Å². The molecule has 0 aliphatic carbocycles. The number of esters is 1. The predicted molar refractivity (Wildman–Crippen MR) is 106 cm³/mol. The second-order valence-electron chi connectivity index (χ2n) is 6.44. The highest BCUT2D eigenvalue weighted by Crippen LogP contribution is 2.29. The van der Waals surface area contributed by atoms with Crippen LogP contribution in [0.5, 0.6) is 0 Å². The fourth-order valence-electron chi connectivity index (χ4n) is 3.27. The standard InChI is InChI=1S/C19H20N4O5S/c1-3-11-8-12(18(26)28-4-2)16(29-11)21-15(24)10-23-17(25)13(9-20)14-6-5-7-22(14)19(23)27/h8H,3-7,10H2,1-2H3,(H,21,24). The van der Waals surface area contributed by atoms with E-state index in [1.165, 1.54) is 15.9 Å². The van der Waals surface area contributed by atoms with Crippen LogP contribution < -0.4 is 16.6 Å². The summed E-state index contributed by atoms with van der Waals surface area (Å²) in [6, 6.07) is 3.51. The molecule has 0 aromatic carbocycles. The summed E-state index contributed by atoms with van der Waals surface area (Å²) in [6.45, 7) is 3.66. The Bertz CT molecular complexity index is 1140. The highest BCUT2D eigenvalue weighted by molar-refractivity contribution is 7.16. The summed E-state index contributed by atoms with van der Waals surface area (Å²) in [5, 5.41) is 12.2. The average Bonchev–Trinajstić information content (AvgIpc) is 3.33. The number of carbonyl (C=O) groups excluding carboxylic acids is 2. The molecule has 10 heteroatoms. The number of aryl methyl sites for hydroxylation is 1. The lowest BCUT2D eigenvalue weighted by Crippen LogP contribution is -2.44. The molecule has 29 heavy (non-hydrogen) atoms. The molecule has 1 amide bonds. The number of carbonyl (C=O) groups is 2. The fraction of sp³-hybridized carbons (Fsp3) is 0.421. The monoisotopic (exact) mass is 416 g/mol. The topological polar surface area (TPSA) is 123 Å². The zero-order valence-corrected chi connectivity index (χ0v) is 16.9. The van der Waals surface area contributed by atoms with Gasteiger partial charge in [0.2, 0.25) is 5.91 Å². The van der Waals surface area contributed by atoms with Crippen LogP contribution in [-0.2, 0) is 35.5 Å². The van der Waals surface area contributed by atoms with Crippen LogP contribution in [0.4, 0.5) is 5.00 Å². The number of hydrogen-bond acceptors (Lipinski definition) is 7. The summed E-state index contributed by atoms with van der Waals surface area (Å²) < 4.78 is 7.15. The molecule has 9 nitrogen and oxygen atoms in total. The largest absolute Gasteiger partial charge is 0.462 e. The summed E-state index contributed by atoms with van der Waals surface area (Å²) in [6.07, 6.45) is 1.82. The van der Waals surface area contributed by atoms with Gasteiger partial charge in [-0.1, -0.05) is 6.92 Å². The Hall–Kier alpha value is -3.19. The Balaban J connectivity index is 1.91. The number of nitrogens with zero attached hydrogens (tertiary/aromatic N) is 3. The third kappa shape index (κ3) is 3.86. The number of fused-ring (bicyclic) bond motifs is 1. The van der Waals surface area contributed by atoms with Gasteiger partial charge in [-0.05, 0) is 32.3 Å². The number of amides is 1. The van der Waals surface area contributed by atoms with Crippen LogP contribution in [0.25, 0.3) is 0 Å². The highest BCUT2D eigenvalue weighted by Gasteiger charge is 2.24. The number of nitrogens with one attached hydrogen (secondary N) is 1. The van der Waals surface area contributed by atoms with Gasteiger partial charge in [-0.15, -0.1) is 11.3 Å². The summed E-state index contributed by atoms with van der Waals surface area (Å²) in [4.78, 5) is 50.8. The van der Waals surface area contributed by atoms with E-state index in [1.54, 1.807) is 13.0 Å². The van der Waals surface area contributed by atoms with Crippen LogP contribution in [0.1, 0.15) is 46.8 Å². The third-order valence-electron chi connectivity index (χ3n) is 4.62. The zero-order valence-electron chi connectivity index (χ0n) is 16.1. The van der Waals surface area contributed by atoms with Crippen molar-refractivity contribution in [2.45, 2.75) is 46.2 Å². The van der Waals surface area contributed by atoms with Gasteiger partial charge < -0.3 is 10.1 Å². The maximum absolute atomic E-state index is 12.6. The van der Waals surface area contributed by atoms with Crippen molar-refractivity contribution < 1.29 is 14.3 Å². The molecule has 0 atom stereocenters. The van der Waals surface area contributed by atoms with Crippen molar-refractivity contribution in [3.05, 3.63) is 48.6 Å². The molecule has 0 spiro atoms. The molecule has 2 aromatic rings. The number of hydrogen-bond donors (Lipinski definition) is 1. The van der Waals surface area contributed by atoms with E-state index in [-0.39, 0.29) is 17.7 Å². The highest BCUT2D eigenvalue weighted by atomic mass is 32.1. The maximum Gasteiger partial charge on any atom is 0.341 e. The van der Waals surface area contributed by atoms with Gasteiger partial charge in [0.1, 0.15) is 23.2 Å². The van der Waals surface area contributed by atoms with Crippen molar-refractivity contribution in [1.82, 2.24) is 9.13 Å². The lowest BCUT2D eigenvalue weighted by molar-refractivity contribution is -0.116. The molecule has 0 bridgehead atoms. The Morgan fingerprint density at radius 1 is 1.34 bits per heavy atom. The molecule has 3 heterocycles. The molecule has 0 saturated carbocycles. The number of aromatic nitrogens is 2. The van der Waals surface area contributed by atoms with Gasteiger partial charge in [0.15, 0.2) is 0 Å². The first kappa shape index (κ1) is 20.5. The van der Waals surface area contributed by atoms with Gasteiger partial charge in [0, 0.05) is 17.1 Å². The van der Waals surface area contributed by atoms with Crippen LogP contribution >= 0.6 is 11.3 Å². The molecule has 0 fully saturated rings. The minimum Gasteiger partial charge on any atom is -0.462 e. The molecule has 1 aliphatic rings. The summed E-state index contributed by atoms with van der Waals surface area (Å²) in [5.74, 6) is -1.19. The first-order valence-electron chi connectivity index (χ1n) is 9.27. The number of anilines is 1. The molecule has 2 aromatic heterocycles. The van der Waals surface area contributed by atoms with Gasteiger partial charge in [-0.3, -0.25) is 14.2 Å². The van der Waals surface area contributed by atoms with Gasteiger partial charge in [-0.25, -0.2) is 14.2 Å². The first-order valence-corrected chi connectivity index (χ1v) is 10.1. The van der Waals surface area contributed by atoms with E-state index in [0.717, 1.165) is 9.44 Å². The number of rotatable bonds is 6. The van der Waals surface area contributed by atoms with Crippen molar-refractivity contribution in [3.8, 4) is 6.07 Å². The molecule has 0 unspecified atom stereocenters. The van der Waals surface area contributed by atoms with Crippen LogP contribution in [0.15, 0.2) is 15.7 Å². The third-order valence-corrected chi connectivity index (χ3v) is 5.82. The Labute approximate surface area is 170 Å². The molecule has 1 aliphatic heterocycles. The molecular weight excluding hydrogens is 396 g/mol. The molecular formula is C19H20N4O5S. The van der Waals surface area contributed by atoms with Crippen LogP contribution in [-0.4, -0.2) is 27.6 Å². The first-order chi connectivity index (χ1) is 13.9. The maximum atomic E-state index is 12.6. The van der Waals surface area contributed by atoms with Gasteiger partial charge >= 0.3 is 11.7 Å².